The average molecular weight is 519 g/mol. The molecular formula is C35H50O3. The Balaban J connectivity index is 0.000000474. The smallest absolute Gasteiger partial charge is 0.163 e. The standard InChI is InChI=1S/C26H38O3.C9H12/c1-7-10-21(22(9-3)24(28)12-17(5)27)13-19-14-23-20(8-2)11-16(4)18(6)26(23)25(29)15-19;1-3-9-6-4-8(2)5-7-9/h11,19,21-22H,7-10,12-15H2,1-6H3;4-7H,3H2,1-2H3. The molecule has 3 atom stereocenters. The van der Waals surface area contributed by atoms with Crippen molar-refractivity contribution in [1.29, 1.82) is 0 Å². The van der Waals surface area contributed by atoms with Crippen LogP contribution in [0.2, 0.25) is 0 Å². The van der Waals surface area contributed by atoms with Gasteiger partial charge < -0.3 is 0 Å². The van der Waals surface area contributed by atoms with Gasteiger partial charge in [0.05, 0.1) is 6.42 Å². The van der Waals surface area contributed by atoms with Gasteiger partial charge in [-0.1, -0.05) is 76.4 Å². The molecule has 2 aromatic carbocycles. The summed E-state index contributed by atoms with van der Waals surface area (Å²) < 4.78 is 0. The number of ketones is 3. The van der Waals surface area contributed by atoms with Crippen molar-refractivity contribution < 1.29 is 14.4 Å². The van der Waals surface area contributed by atoms with E-state index < -0.39 is 0 Å². The maximum atomic E-state index is 13.1. The van der Waals surface area contributed by atoms with Crippen LogP contribution in [0.1, 0.15) is 117 Å². The number of aryl methyl sites for hydroxylation is 4. The molecule has 208 valence electrons. The predicted molar refractivity (Wildman–Crippen MR) is 159 cm³/mol. The van der Waals surface area contributed by atoms with Crippen LogP contribution < -0.4 is 0 Å². The van der Waals surface area contributed by atoms with Gasteiger partial charge in [-0.15, -0.1) is 0 Å². The largest absolute Gasteiger partial charge is 0.300 e. The lowest BCUT2D eigenvalue weighted by Gasteiger charge is -2.33. The Morgan fingerprint density at radius 2 is 1.61 bits per heavy atom. The van der Waals surface area contributed by atoms with Crippen molar-refractivity contribution in [2.45, 2.75) is 113 Å². The van der Waals surface area contributed by atoms with Crippen LogP contribution in [0, 0.1) is 38.5 Å². The number of benzene rings is 2. The molecule has 1 aliphatic rings. The van der Waals surface area contributed by atoms with Gasteiger partial charge in [0.1, 0.15) is 11.6 Å². The predicted octanol–water partition coefficient (Wildman–Crippen LogP) is 8.55. The molecule has 0 aromatic heterocycles. The van der Waals surface area contributed by atoms with Gasteiger partial charge in [-0.25, -0.2) is 0 Å². The van der Waals surface area contributed by atoms with E-state index in [0.717, 1.165) is 56.1 Å². The SMILES string of the molecule is CCCC(CC1CC(=O)c2c(C)c(C)cc(CC)c2C1)C(CC)C(=O)CC(C)=O.CCc1ccc(C)cc1. The molecular weight excluding hydrogens is 468 g/mol. The van der Waals surface area contributed by atoms with Crippen molar-refractivity contribution in [3.05, 3.63) is 69.3 Å². The molecule has 3 heteroatoms. The summed E-state index contributed by atoms with van der Waals surface area (Å²) in [5, 5.41) is 0. The van der Waals surface area contributed by atoms with Crippen LogP contribution in [0.15, 0.2) is 30.3 Å². The first-order valence-corrected chi connectivity index (χ1v) is 14.8. The number of carbonyl (C=O) groups is 3. The minimum absolute atomic E-state index is 0.0452. The molecule has 0 saturated carbocycles. The van der Waals surface area contributed by atoms with Gasteiger partial charge in [-0.2, -0.15) is 0 Å². The number of hydrogen-bond donors (Lipinski definition) is 0. The topological polar surface area (TPSA) is 51.2 Å². The van der Waals surface area contributed by atoms with Crippen LogP contribution in [0.4, 0.5) is 0 Å². The summed E-state index contributed by atoms with van der Waals surface area (Å²) in [6.45, 7) is 16.3. The summed E-state index contributed by atoms with van der Waals surface area (Å²) >= 11 is 0. The highest BCUT2D eigenvalue weighted by Crippen LogP contribution is 2.38. The number of hydrogen-bond acceptors (Lipinski definition) is 3. The molecule has 0 N–H and O–H groups in total. The van der Waals surface area contributed by atoms with Gasteiger partial charge in [-0.3, -0.25) is 14.4 Å². The summed E-state index contributed by atoms with van der Waals surface area (Å²) in [5.41, 5.74) is 8.60. The average Bonchev–Trinajstić information content (AvgIpc) is 2.87. The zero-order chi connectivity index (χ0) is 28.4. The highest BCUT2D eigenvalue weighted by Gasteiger charge is 2.33. The quantitative estimate of drug-likeness (QED) is 0.280. The third kappa shape index (κ3) is 8.48. The maximum Gasteiger partial charge on any atom is 0.163 e. The minimum atomic E-state index is -0.0688. The first-order valence-electron chi connectivity index (χ1n) is 14.8. The Hall–Kier alpha value is -2.55. The fourth-order valence-electron chi connectivity index (χ4n) is 6.16. The van der Waals surface area contributed by atoms with E-state index in [0.29, 0.717) is 6.42 Å². The van der Waals surface area contributed by atoms with Crippen LogP contribution in [-0.4, -0.2) is 17.3 Å². The summed E-state index contributed by atoms with van der Waals surface area (Å²) in [7, 11) is 0. The van der Waals surface area contributed by atoms with Crippen LogP contribution in [0.25, 0.3) is 0 Å². The molecule has 3 rings (SSSR count). The highest BCUT2D eigenvalue weighted by molar-refractivity contribution is 6.01. The van der Waals surface area contributed by atoms with Crippen LogP contribution in [0.3, 0.4) is 0 Å². The van der Waals surface area contributed by atoms with Crippen molar-refractivity contribution in [2.24, 2.45) is 17.8 Å². The van der Waals surface area contributed by atoms with Crippen molar-refractivity contribution in [1.82, 2.24) is 0 Å². The first-order chi connectivity index (χ1) is 18.1. The van der Waals surface area contributed by atoms with Crippen molar-refractivity contribution in [3.63, 3.8) is 0 Å². The molecule has 0 aliphatic heterocycles. The van der Waals surface area contributed by atoms with Gasteiger partial charge in [0.25, 0.3) is 0 Å². The van der Waals surface area contributed by atoms with E-state index in [2.05, 4.69) is 71.9 Å². The molecule has 0 radical (unpaired) electrons. The molecule has 2 aromatic rings. The molecule has 0 spiro atoms. The van der Waals surface area contributed by atoms with E-state index in [4.69, 9.17) is 0 Å². The fraction of sp³-hybridized carbons (Fsp3) is 0.571. The summed E-state index contributed by atoms with van der Waals surface area (Å²) in [4.78, 5) is 37.3. The Bertz CT molecular complexity index is 1090. The molecule has 3 nitrogen and oxygen atoms in total. The van der Waals surface area contributed by atoms with E-state index in [-0.39, 0.29) is 41.5 Å². The number of Topliss-reactive ketones (excluding diaryl/α,β-unsaturated/α-hetero) is 3. The van der Waals surface area contributed by atoms with Gasteiger partial charge >= 0.3 is 0 Å². The van der Waals surface area contributed by atoms with E-state index in [1.54, 1.807) is 0 Å². The molecule has 0 fully saturated rings. The summed E-state index contributed by atoms with van der Waals surface area (Å²) in [6.07, 6.45) is 7.31. The van der Waals surface area contributed by atoms with Gasteiger partial charge in [0, 0.05) is 17.9 Å². The van der Waals surface area contributed by atoms with Crippen LogP contribution in [-0.2, 0) is 28.9 Å². The Morgan fingerprint density at radius 1 is 0.947 bits per heavy atom. The molecule has 0 amide bonds. The number of carbonyl (C=O) groups excluding carboxylic acids is 3. The second kappa shape index (κ2) is 15.1. The van der Waals surface area contributed by atoms with Crippen molar-refractivity contribution in [2.75, 3.05) is 0 Å². The zero-order valence-electron chi connectivity index (χ0n) is 25.2. The zero-order valence-corrected chi connectivity index (χ0v) is 25.2. The molecule has 0 bridgehead atoms. The van der Waals surface area contributed by atoms with Crippen LogP contribution >= 0.6 is 0 Å². The second-order valence-corrected chi connectivity index (χ2v) is 11.4. The lowest BCUT2D eigenvalue weighted by atomic mass is 9.71. The lowest BCUT2D eigenvalue weighted by Crippen LogP contribution is -2.30. The molecule has 38 heavy (non-hydrogen) atoms. The summed E-state index contributed by atoms with van der Waals surface area (Å²) in [6, 6.07) is 10.9. The maximum absolute atomic E-state index is 13.1. The van der Waals surface area contributed by atoms with E-state index in [1.807, 2.05) is 6.92 Å². The molecule has 3 unspecified atom stereocenters. The highest BCUT2D eigenvalue weighted by atomic mass is 16.1. The van der Waals surface area contributed by atoms with E-state index >= 15 is 0 Å². The monoisotopic (exact) mass is 518 g/mol. The third-order valence-corrected chi connectivity index (χ3v) is 8.34. The Labute approximate surface area is 231 Å². The van der Waals surface area contributed by atoms with E-state index in [9.17, 15) is 14.4 Å². The number of rotatable bonds is 11. The fourth-order valence-corrected chi connectivity index (χ4v) is 6.16. The molecule has 1 aliphatic carbocycles. The molecule has 0 saturated heterocycles. The second-order valence-electron chi connectivity index (χ2n) is 11.4. The van der Waals surface area contributed by atoms with Crippen molar-refractivity contribution in [3.8, 4) is 0 Å². The summed E-state index contributed by atoms with van der Waals surface area (Å²) in [5.74, 6) is 0.780. The normalized spacial score (nSPS) is 16.2. The minimum Gasteiger partial charge on any atom is -0.300 e. The number of fused-ring (bicyclic) bond motifs is 1. The van der Waals surface area contributed by atoms with Crippen molar-refractivity contribution >= 4 is 17.3 Å². The van der Waals surface area contributed by atoms with E-state index in [1.165, 1.54) is 34.7 Å². The Kier molecular flexibility index (Phi) is 12.6. The van der Waals surface area contributed by atoms with Gasteiger partial charge in [-0.05, 0) is 99.5 Å². The van der Waals surface area contributed by atoms with Crippen LogP contribution in [0.5, 0.6) is 0 Å². The first kappa shape index (κ1) is 31.7. The Morgan fingerprint density at radius 3 is 2.13 bits per heavy atom. The molecule has 0 heterocycles. The third-order valence-electron chi connectivity index (χ3n) is 8.34. The lowest BCUT2D eigenvalue weighted by molar-refractivity contribution is -0.129. The van der Waals surface area contributed by atoms with Gasteiger partial charge in [0.2, 0.25) is 0 Å². The van der Waals surface area contributed by atoms with Gasteiger partial charge in [0.15, 0.2) is 5.78 Å².